The fourth-order valence-corrected chi connectivity index (χ4v) is 10.5. The van der Waals surface area contributed by atoms with Crippen LogP contribution < -0.4 is 20.7 Å². The highest BCUT2D eigenvalue weighted by molar-refractivity contribution is 7.87. The zero-order valence-electron chi connectivity index (χ0n) is 31.2. The van der Waals surface area contributed by atoms with Crippen LogP contribution in [0.15, 0.2) is 12.7 Å². The maximum Gasteiger partial charge on any atom is 0.405 e. The molecule has 2 spiro atoms. The Morgan fingerprint density at radius 1 is 0.922 bits per heavy atom. The fourth-order valence-electron chi connectivity index (χ4n) is 9.30. The Labute approximate surface area is 301 Å². The van der Waals surface area contributed by atoms with Crippen LogP contribution in [-0.2, 0) is 34.1 Å². The monoisotopic (exact) mass is 736 g/mol. The van der Waals surface area contributed by atoms with Crippen LogP contribution in [0, 0.1) is 33.0 Å². The third-order valence-electron chi connectivity index (χ3n) is 12.8. The molecule has 2 saturated heterocycles. The molecule has 6 atom stereocenters. The van der Waals surface area contributed by atoms with Gasteiger partial charge < -0.3 is 30.7 Å². The van der Waals surface area contributed by atoms with Crippen LogP contribution in [-0.4, -0.2) is 109 Å². The van der Waals surface area contributed by atoms with E-state index in [1.807, 2.05) is 0 Å². The van der Waals surface area contributed by atoms with Crippen molar-refractivity contribution >= 4 is 39.9 Å². The highest BCUT2D eigenvalue weighted by Crippen LogP contribution is 2.88. The van der Waals surface area contributed by atoms with Crippen molar-refractivity contribution in [2.24, 2.45) is 33.0 Å². The van der Waals surface area contributed by atoms with Gasteiger partial charge in [0.25, 0.3) is 5.91 Å². The summed E-state index contributed by atoms with van der Waals surface area (Å²) < 4.78 is 34.8. The third-order valence-corrected chi connectivity index (χ3v) is 14.3. The number of morpholine rings is 1. The van der Waals surface area contributed by atoms with E-state index in [0.29, 0.717) is 6.42 Å². The molecule has 15 nitrogen and oxygen atoms in total. The predicted molar refractivity (Wildman–Crippen MR) is 187 cm³/mol. The molecule has 51 heavy (non-hydrogen) atoms. The van der Waals surface area contributed by atoms with Gasteiger partial charge in [-0.05, 0) is 47.3 Å². The van der Waals surface area contributed by atoms with Gasteiger partial charge >= 0.3 is 16.3 Å². The second kappa shape index (κ2) is 12.7. The van der Waals surface area contributed by atoms with Crippen LogP contribution in [0.5, 0.6) is 0 Å². The van der Waals surface area contributed by atoms with Gasteiger partial charge in [0.2, 0.25) is 17.7 Å². The lowest BCUT2D eigenvalue weighted by Crippen LogP contribution is -2.63. The zero-order valence-corrected chi connectivity index (χ0v) is 32.0. The second-order valence-corrected chi connectivity index (χ2v) is 19.5. The van der Waals surface area contributed by atoms with E-state index in [1.165, 1.54) is 11.0 Å². The molecule has 2 heterocycles. The van der Waals surface area contributed by atoms with E-state index in [-0.39, 0.29) is 55.5 Å². The van der Waals surface area contributed by atoms with Crippen molar-refractivity contribution in [3.63, 3.8) is 0 Å². The van der Waals surface area contributed by atoms with Gasteiger partial charge in [0.1, 0.15) is 23.7 Å². The molecule has 5 aliphatic rings. The minimum atomic E-state index is -4.21. The van der Waals surface area contributed by atoms with E-state index >= 15 is 0 Å². The molecule has 5 amide bonds. The minimum absolute atomic E-state index is 0.0543. The van der Waals surface area contributed by atoms with Gasteiger partial charge in [0, 0.05) is 31.0 Å². The molecular weight excluding hydrogens is 680 g/mol. The SMILES string of the molecule is C=C[C@@H]1C[C@]1(NC(=O)[C@@H]1C[C@@]2(CN1C(=O)[C@@H](NC(=O)[C@@H](NC(=O)O)C(C)(C)C)C(C)(C)C)C(C)(C)C21CCC1)C(=O)NS(=O)(=O)N1CCOCC1. The smallest absolute Gasteiger partial charge is 0.405 e. The van der Waals surface area contributed by atoms with Crippen molar-refractivity contribution in [2.75, 3.05) is 32.8 Å². The van der Waals surface area contributed by atoms with Gasteiger partial charge in [-0.15, -0.1) is 6.58 Å². The number of carbonyl (C=O) groups is 5. The Morgan fingerprint density at radius 3 is 1.96 bits per heavy atom. The highest BCUT2D eigenvalue weighted by atomic mass is 32.2. The zero-order chi connectivity index (χ0) is 38.2. The van der Waals surface area contributed by atoms with Crippen LogP contribution in [0.1, 0.15) is 87.5 Å². The summed E-state index contributed by atoms with van der Waals surface area (Å²) in [6.07, 6.45) is 3.59. The Bertz CT molecular complexity index is 1590. The van der Waals surface area contributed by atoms with Gasteiger partial charge in [-0.2, -0.15) is 12.7 Å². The molecule has 0 radical (unpaired) electrons. The molecule has 0 aromatic rings. The van der Waals surface area contributed by atoms with E-state index in [0.717, 1.165) is 23.6 Å². The minimum Gasteiger partial charge on any atom is -0.465 e. The van der Waals surface area contributed by atoms with Crippen molar-refractivity contribution in [2.45, 2.75) is 111 Å². The summed E-state index contributed by atoms with van der Waals surface area (Å²) in [5.41, 5.74) is -3.85. The van der Waals surface area contributed by atoms with Gasteiger partial charge in [0.15, 0.2) is 0 Å². The number of rotatable bonds is 10. The van der Waals surface area contributed by atoms with Crippen LogP contribution >= 0.6 is 0 Å². The molecule has 0 unspecified atom stereocenters. The number of likely N-dealkylation sites (tertiary alicyclic amines) is 1. The number of carboxylic acid groups (broad SMARTS) is 1. The quantitative estimate of drug-likeness (QED) is 0.207. The Hall–Kier alpha value is -3.24. The molecule has 0 aromatic heterocycles. The number of nitrogens with zero attached hydrogens (tertiary/aromatic N) is 2. The third kappa shape index (κ3) is 6.42. The van der Waals surface area contributed by atoms with Crippen LogP contribution in [0.4, 0.5) is 4.79 Å². The second-order valence-electron chi connectivity index (χ2n) is 17.8. The number of nitrogens with one attached hydrogen (secondary N) is 4. The highest BCUT2D eigenvalue weighted by Gasteiger charge is 2.85. The summed E-state index contributed by atoms with van der Waals surface area (Å²) in [5, 5.41) is 17.5. The molecule has 5 N–H and O–H groups in total. The van der Waals surface area contributed by atoms with E-state index in [2.05, 4.69) is 41.1 Å². The van der Waals surface area contributed by atoms with E-state index < -0.39 is 80.3 Å². The molecule has 5 rings (SSSR count). The van der Waals surface area contributed by atoms with Crippen molar-refractivity contribution < 1.29 is 42.2 Å². The van der Waals surface area contributed by atoms with E-state index in [9.17, 15) is 37.5 Å². The van der Waals surface area contributed by atoms with Crippen LogP contribution in [0.2, 0.25) is 0 Å². The first-order valence-corrected chi connectivity index (χ1v) is 19.3. The fraction of sp³-hybridized carbons (Fsp3) is 0.800. The summed E-state index contributed by atoms with van der Waals surface area (Å²) in [7, 11) is -4.21. The number of amides is 5. The molecular formula is C35H56N6O9S. The van der Waals surface area contributed by atoms with Crippen LogP contribution in [0.25, 0.3) is 0 Å². The van der Waals surface area contributed by atoms with Gasteiger partial charge in [0.05, 0.1) is 13.2 Å². The summed E-state index contributed by atoms with van der Waals surface area (Å²) in [5.74, 6) is -3.15. The van der Waals surface area contributed by atoms with Gasteiger partial charge in [-0.1, -0.05) is 67.9 Å². The van der Waals surface area contributed by atoms with Gasteiger partial charge in [-0.25, -0.2) is 9.52 Å². The molecule has 0 bridgehead atoms. The molecule has 3 saturated carbocycles. The molecule has 0 aromatic carbocycles. The summed E-state index contributed by atoms with van der Waals surface area (Å²) in [6.45, 7) is 19.5. The largest absolute Gasteiger partial charge is 0.465 e. The Balaban J connectivity index is 1.44. The molecule has 2 aliphatic heterocycles. The lowest BCUT2D eigenvalue weighted by Gasteiger charge is -2.38. The molecule has 16 heteroatoms. The lowest BCUT2D eigenvalue weighted by atomic mass is 9.73. The molecule has 3 aliphatic carbocycles. The normalized spacial score (nSPS) is 30.8. The average Bonchev–Trinajstić information content (AvgIpc) is 3.72. The number of hydrogen-bond acceptors (Lipinski definition) is 8. The molecule has 5 fully saturated rings. The number of ether oxygens (including phenoxy) is 1. The van der Waals surface area contributed by atoms with Crippen molar-refractivity contribution in [1.29, 1.82) is 0 Å². The Kier molecular flexibility index (Phi) is 9.72. The lowest BCUT2D eigenvalue weighted by molar-refractivity contribution is -0.145. The summed E-state index contributed by atoms with van der Waals surface area (Å²) >= 11 is 0. The Morgan fingerprint density at radius 2 is 1.51 bits per heavy atom. The van der Waals surface area contributed by atoms with Gasteiger partial charge in [-0.3, -0.25) is 19.2 Å². The first-order valence-electron chi connectivity index (χ1n) is 17.9. The standard InChI is InChI=1S/C35H56N6O9S/c1-10-21-18-35(21,28(45)39-51(48,49)40-14-16-50-17-15-40)38-25(42)22-19-34(32(8,9)33(34)12-11-13-33)20-41(22)27(44)24(31(5,6)7)36-26(43)23(30(2,3)4)37-29(46)47/h10,21-24,37H,1,11-20H2,2-9H3,(H,36,43)(H,38,42)(H,39,45)(H,46,47)/t21-,22+,23-,24-,34-,35-/m1/s1. The number of fused-ring (bicyclic) bond motifs is 1. The maximum atomic E-state index is 14.8. The predicted octanol–water partition coefficient (Wildman–Crippen LogP) is 1.75. The maximum absolute atomic E-state index is 14.8. The van der Waals surface area contributed by atoms with Crippen molar-refractivity contribution in [3.05, 3.63) is 12.7 Å². The number of hydrogen-bond donors (Lipinski definition) is 5. The summed E-state index contributed by atoms with van der Waals surface area (Å²) in [6, 6.07) is -3.32. The first-order chi connectivity index (χ1) is 23.4. The van der Waals surface area contributed by atoms with E-state index in [1.54, 1.807) is 41.5 Å². The first kappa shape index (κ1) is 39.0. The summed E-state index contributed by atoms with van der Waals surface area (Å²) in [4.78, 5) is 69.8. The average molecular weight is 737 g/mol. The van der Waals surface area contributed by atoms with Crippen LogP contribution in [0.3, 0.4) is 0 Å². The van der Waals surface area contributed by atoms with Crippen molar-refractivity contribution in [3.8, 4) is 0 Å². The van der Waals surface area contributed by atoms with Crippen molar-refractivity contribution in [1.82, 2.24) is 29.9 Å². The number of carbonyl (C=O) groups excluding carboxylic acids is 4. The molecule has 286 valence electrons. The topological polar surface area (TPSA) is 204 Å². The van der Waals surface area contributed by atoms with E-state index in [4.69, 9.17) is 4.74 Å².